The first-order chi connectivity index (χ1) is 11.1. The number of carbonyl (C=O) groups is 1. The van der Waals surface area contributed by atoms with Gasteiger partial charge in [-0.05, 0) is 0 Å². The van der Waals surface area contributed by atoms with Gasteiger partial charge in [-0.2, -0.15) is 0 Å². The van der Waals surface area contributed by atoms with Crippen LogP contribution in [0.2, 0.25) is 0 Å². The van der Waals surface area contributed by atoms with Gasteiger partial charge in [0.05, 0.1) is 13.2 Å². The van der Waals surface area contributed by atoms with E-state index in [1.165, 1.54) is 0 Å². The van der Waals surface area contributed by atoms with E-state index in [9.17, 15) is 35.4 Å². The van der Waals surface area contributed by atoms with Crippen LogP contribution in [0.4, 0.5) is 0 Å². The number of rotatable bonds is 8. The lowest BCUT2D eigenvalue weighted by Gasteiger charge is -2.42. The van der Waals surface area contributed by atoms with Gasteiger partial charge in [-0.1, -0.05) is 0 Å². The highest BCUT2D eigenvalue weighted by molar-refractivity contribution is 5.72. The first-order valence-electron chi connectivity index (χ1n) is 6.99. The van der Waals surface area contributed by atoms with E-state index in [1.807, 2.05) is 0 Å². The summed E-state index contributed by atoms with van der Waals surface area (Å²) in [6.45, 7) is -1.76. The van der Waals surface area contributed by atoms with Crippen molar-refractivity contribution in [3.8, 4) is 0 Å². The Morgan fingerprint density at radius 1 is 1.04 bits per heavy atom. The average molecular weight is 358 g/mol. The SMILES string of the molecule is O=C(O)C(O)[C@@H](O)[C@H](O[C@H]1OC(CO)[C@@H](O)[C@H](O)C1O)C(O)CO. The van der Waals surface area contributed by atoms with Crippen molar-refractivity contribution in [3.63, 3.8) is 0 Å². The van der Waals surface area contributed by atoms with Crippen LogP contribution in [-0.2, 0) is 14.3 Å². The molecule has 12 heteroatoms. The summed E-state index contributed by atoms with van der Waals surface area (Å²) in [7, 11) is 0. The number of hydrogen-bond acceptors (Lipinski definition) is 11. The van der Waals surface area contributed by atoms with Crippen molar-refractivity contribution < 1.29 is 60.2 Å². The van der Waals surface area contributed by atoms with E-state index in [4.69, 9.17) is 24.8 Å². The monoisotopic (exact) mass is 358 g/mol. The van der Waals surface area contributed by atoms with Crippen molar-refractivity contribution in [1.82, 2.24) is 0 Å². The van der Waals surface area contributed by atoms with Crippen LogP contribution in [0.5, 0.6) is 0 Å². The molecule has 1 aliphatic heterocycles. The van der Waals surface area contributed by atoms with E-state index in [1.54, 1.807) is 0 Å². The summed E-state index contributed by atoms with van der Waals surface area (Å²) >= 11 is 0. The third-order valence-corrected chi connectivity index (χ3v) is 3.62. The Kier molecular flexibility index (Phi) is 7.88. The highest BCUT2D eigenvalue weighted by Gasteiger charge is 2.47. The van der Waals surface area contributed by atoms with E-state index in [-0.39, 0.29) is 0 Å². The molecule has 0 spiro atoms. The van der Waals surface area contributed by atoms with E-state index >= 15 is 0 Å². The highest BCUT2D eigenvalue weighted by atomic mass is 16.7. The molecular weight excluding hydrogens is 336 g/mol. The molecule has 9 atom stereocenters. The second-order valence-corrected chi connectivity index (χ2v) is 5.32. The van der Waals surface area contributed by atoms with Gasteiger partial charge in [-0.25, -0.2) is 4.79 Å². The Morgan fingerprint density at radius 2 is 1.62 bits per heavy atom. The molecule has 1 rings (SSSR count). The van der Waals surface area contributed by atoms with E-state index in [0.717, 1.165) is 0 Å². The van der Waals surface area contributed by atoms with Crippen LogP contribution in [0.3, 0.4) is 0 Å². The molecule has 1 aliphatic rings. The quantitative estimate of drug-likeness (QED) is 0.198. The van der Waals surface area contributed by atoms with Gasteiger partial charge in [-0.3, -0.25) is 0 Å². The molecule has 0 aromatic carbocycles. The molecule has 0 aliphatic carbocycles. The van der Waals surface area contributed by atoms with Gasteiger partial charge < -0.3 is 55.4 Å². The Bertz CT molecular complexity index is 403. The average Bonchev–Trinajstić information content (AvgIpc) is 2.57. The number of aliphatic carboxylic acids is 1. The maximum absolute atomic E-state index is 10.7. The van der Waals surface area contributed by atoms with Gasteiger partial charge in [0.15, 0.2) is 12.4 Å². The highest BCUT2D eigenvalue weighted by Crippen LogP contribution is 2.24. The zero-order chi connectivity index (χ0) is 18.6. The second-order valence-electron chi connectivity index (χ2n) is 5.32. The van der Waals surface area contributed by atoms with Crippen LogP contribution >= 0.6 is 0 Å². The largest absolute Gasteiger partial charge is 0.479 e. The number of ether oxygens (including phenoxy) is 2. The zero-order valence-electron chi connectivity index (χ0n) is 12.4. The summed E-state index contributed by atoms with van der Waals surface area (Å²) in [5.74, 6) is -1.84. The number of aliphatic hydroxyl groups excluding tert-OH is 8. The number of carboxylic acid groups (broad SMARTS) is 1. The van der Waals surface area contributed by atoms with E-state index in [0.29, 0.717) is 0 Å². The molecule has 0 aromatic heterocycles. The van der Waals surface area contributed by atoms with Crippen molar-refractivity contribution in [3.05, 3.63) is 0 Å². The predicted octanol–water partition coefficient (Wildman–Crippen LogP) is -5.67. The zero-order valence-corrected chi connectivity index (χ0v) is 12.4. The molecule has 0 saturated carbocycles. The molecule has 1 saturated heterocycles. The Hall–Kier alpha value is -0.930. The fourth-order valence-corrected chi connectivity index (χ4v) is 2.16. The minimum absolute atomic E-state index is 0.766. The number of carboxylic acids is 1. The van der Waals surface area contributed by atoms with Crippen LogP contribution in [-0.4, -0.2) is 120 Å². The van der Waals surface area contributed by atoms with E-state index < -0.39 is 74.3 Å². The maximum Gasteiger partial charge on any atom is 0.335 e. The van der Waals surface area contributed by atoms with Crippen molar-refractivity contribution in [1.29, 1.82) is 0 Å². The molecule has 9 N–H and O–H groups in total. The van der Waals surface area contributed by atoms with Crippen molar-refractivity contribution in [2.24, 2.45) is 0 Å². The minimum Gasteiger partial charge on any atom is -0.479 e. The molecule has 142 valence electrons. The fourth-order valence-electron chi connectivity index (χ4n) is 2.16. The molecule has 1 heterocycles. The molecular formula is C12H22O12. The van der Waals surface area contributed by atoms with Gasteiger partial charge in [0.1, 0.15) is 42.7 Å². The molecule has 0 radical (unpaired) electrons. The summed E-state index contributed by atoms with van der Waals surface area (Å²) in [5, 5.41) is 84.5. The third-order valence-electron chi connectivity index (χ3n) is 3.62. The Morgan fingerprint density at radius 3 is 2.08 bits per heavy atom. The van der Waals surface area contributed by atoms with Crippen LogP contribution in [0.15, 0.2) is 0 Å². The van der Waals surface area contributed by atoms with E-state index in [2.05, 4.69) is 0 Å². The topological polar surface area (TPSA) is 218 Å². The molecule has 0 bridgehead atoms. The lowest BCUT2D eigenvalue weighted by atomic mass is 9.98. The van der Waals surface area contributed by atoms with Gasteiger partial charge in [0.25, 0.3) is 0 Å². The Balaban J connectivity index is 2.94. The smallest absolute Gasteiger partial charge is 0.335 e. The second kappa shape index (κ2) is 8.96. The lowest BCUT2D eigenvalue weighted by Crippen LogP contribution is -2.61. The van der Waals surface area contributed by atoms with Crippen molar-refractivity contribution in [2.45, 2.75) is 55.1 Å². The molecule has 24 heavy (non-hydrogen) atoms. The molecule has 12 nitrogen and oxygen atoms in total. The van der Waals surface area contributed by atoms with Crippen LogP contribution in [0.25, 0.3) is 0 Å². The molecule has 1 fully saturated rings. The molecule has 0 amide bonds. The first-order valence-corrected chi connectivity index (χ1v) is 6.99. The standard InChI is InChI=1S/C12H22O12/c13-1-3(15)10(7(18)8(19)11(21)22)24-12-9(20)6(17)5(16)4(2-14)23-12/h3-10,12-20H,1-2H2,(H,21,22)/t3?,4?,5-,6+,7-,8?,9?,10-,12-/m1/s1. The van der Waals surface area contributed by atoms with Gasteiger partial charge in [0.2, 0.25) is 0 Å². The predicted molar refractivity (Wildman–Crippen MR) is 71.4 cm³/mol. The molecule has 0 aromatic rings. The van der Waals surface area contributed by atoms with Crippen LogP contribution < -0.4 is 0 Å². The summed E-state index contributed by atoms with van der Waals surface area (Å²) in [5.41, 5.74) is 0. The lowest BCUT2D eigenvalue weighted by molar-refractivity contribution is -0.326. The normalized spacial score (nSPS) is 35.9. The van der Waals surface area contributed by atoms with Crippen LogP contribution in [0, 0.1) is 0 Å². The van der Waals surface area contributed by atoms with Crippen LogP contribution in [0.1, 0.15) is 0 Å². The van der Waals surface area contributed by atoms with Gasteiger partial charge in [-0.15, -0.1) is 0 Å². The number of aliphatic hydroxyl groups is 8. The first kappa shape index (κ1) is 21.1. The fraction of sp³-hybridized carbons (Fsp3) is 0.917. The van der Waals surface area contributed by atoms with Gasteiger partial charge in [0, 0.05) is 0 Å². The van der Waals surface area contributed by atoms with Crippen molar-refractivity contribution in [2.75, 3.05) is 13.2 Å². The number of hydrogen-bond donors (Lipinski definition) is 9. The summed E-state index contributed by atoms with van der Waals surface area (Å²) in [6, 6.07) is 0. The summed E-state index contributed by atoms with van der Waals surface area (Å²) in [6.07, 6.45) is -16.9. The third kappa shape index (κ3) is 4.58. The minimum atomic E-state index is -2.39. The molecule has 4 unspecified atom stereocenters. The summed E-state index contributed by atoms with van der Waals surface area (Å²) < 4.78 is 9.98. The Labute approximate surface area is 135 Å². The maximum atomic E-state index is 10.7. The van der Waals surface area contributed by atoms with Crippen molar-refractivity contribution >= 4 is 5.97 Å². The van der Waals surface area contributed by atoms with Gasteiger partial charge >= 0.3 is 5.97 Å². The summed E-state index contributed by atoms with van der Waals surface area (Å²) in [4.78, 5) is 10.7.